The van der Waals surface area contributed by atoms with Crippen LogP contribution >= 0.6 is 11.3 Å². The molecule has 6 nitrogen and oxygen atoms in total. The molecule has 4 rings (SSSR count). The van der Waals surface area contributed by atoms with Crippen LogP contribution in [-0.4, -0.2) is 49.8 Å². The van der Waals surface area contributed by atoms with Gasteiger partial charge in [0.15, 0.2) is 0 Å². The van der Waals surface area contributed by atoms with E-state index < -0.39 is 21.9 Å². The second kappa shape index (κ2) is 10.7. The van der Waals surface area contributed by atoms with Gasteiger partial charge >= 0.3 is 0 Å². The van der Waals surface area contributed by atoms with Crippen molar-refractivity contribution in [1.82, 2.24) is 9.21 Å². The highest BCUT2D eigenvalue weighted by Gasteiger charge is 2.35. The Labute approximate surface area is 209 Å². The van der Waals surface area contributed by atoms with E-state index in [9.17, 15) is 17.6 Å². The molecule has 2 aromatic carbocycles. The number of thiophene rings is 1. The summed E-state index contributed by atoms with van der Waals surface area (Å²) in [5.41, 5.74) is 1.92. The fourth-order valence-electron chi connectivity index (χ4n) is 4.10. The number of amides is 1. The van der Waals surface area contributed by atoms with Crippen LogP contribution in [-0.2, 0) is 21.2 Å². The van der Waals surface area contributed by atoms with E-state index in [4.69, 9.17) is 4.74 Å². The quantitative estimate of drug-likeness (QED) is 0.392. The number of hydrogen-bond acceptors (Lipinski definition) is 5. The molecule has 1 unspecified atom stereocenters. The van der Waals surface area contributed by atoms with Crippen molar-refractivity contribution in [3.8, 4) is 5.75 Å². The van der Waals surface area contributed by atoms with Crippen molar-refractivity contribution in [3.05, 3.63) is 94.5 Å². The number of benzene rings is 2. The number of aryl methyl sites for hydroxylation is 1. The number of carbonyl (C=O) groups excluding carboxylic acids is 1. The second-order valence-electron chi connectivity index (χ2n) is 8.32. The Kier molecular flexibility index (Phi) is 7.69. The third-order valence-corrected chi connectivity index (χ3v) is 8.74. The molecular formula is C26H27FN2O4S2. The standard InChI is InChI=1S/C26H27FN2O4S2/c1-3-13-28(35(31,32)22-9-7-19(2)8-10-22)17-26(30)29-14-11-25-23(12-15-34-25)24(29)18-33-21-6-4-5-20(27)16-21/h3-10,12,15-16,24H,1,11,13-14,17-18H2,2H3. The Hall–Kier alpha value is -3.01. The first kappa shape index (κ1) is 25.1. The van der Waals surface area contributed by atoms with Crippen LogP contribution in [0.4, 0.5) is 4.39 Å². The lowest BCUT2D eigenvalue weighted by molar-refractivity contribution is -0.135. The fourth-order valence-corrected chi connectivity index (χ4v) is 6.39. The molecule has 0 saturated heterocycles. The summed E-state index contributed by atoms with van der Waals surface area (Å²) < 4.78 is 47.2. The predicted molar refractivity (Wildman–Crippen MR) is 135 cm³/mol. The summed E-state index contributed by atoms with van der Waals surface area (Å²) in [5.74, 6) is -0.362. The van der Waals surface area contributed by atoms with E-state index in [0.717, 1.165) is 20.3 Å². The van der Waals surface area contributed by atoms with Crippen LogP contribution in [0.2, 0.25) is 0 Å². The summed E-state index contributed by atoms with van der Waals surface area (Å²) in [4.78, 5) is 16.4. The van der Waals surface area contributed by atoms with Crippen molar-refractivity contribution in [1.29, 1.82) is 0 Å². The average Bonchev–Trinajstić information content (AvgIpc) is 3.31. The first-order chi connectivity index (χ1) is 16.8. The second-order valence-corrected chi connectivity index (χ2v) is 11.3. The number of ether oxygens (including phenoxy) is 1. The molecule has 0 bridgehead atoms. The molecule has 184 valence electrons. The maximum atomic E-state index is 13.6. The van der Waals surface area contributed by atoms with Gasteiger partial charge in [-0.05, 0) is 54.6 Å². The summed E-state index contributed by atoms with van der Waals surface area (Å²) in [6, 6.07) is 13.9. The third-order valence-electron chi connectivity index (χ3n) is 5.92. The summed E-state index contributed by atoms with van der Waals surface area (Å²) >= 11 is 1.62. The molecular weight excluding hydrogens is 487 g/mol. The van der Waals surface area contributed by atoms with Gasteiger partial charge in [-0.15, -0.1) is 17.9 Å². The van der Waals surface area contributed by atoms with E-state index in [1.165, 1.54) is 18.2 Å². The number of nitrogens with zero attached hydrogens (tertiary/aromatic N) is 2. The monoisotopic (exact) mass is 514 g/mol. The zero-order valence-electron chi connectivity index (χ0n) is 19.4. The number of rotatable bonds is 9. The van der Waals surface area contributed by atoms with Crippen LogP contribution in [0.1, 0.15) is 22.0 Å². The van der Waals surface area contributed by atoms with Gasteiger partial charge in [-0.25, -0.2) is 12.8 Å². The molecule has 35 heavy (non-hydrogen) atoms. The summed E-state index contributed by atoms with van der Waals surface area (Å²) in [6.07, 6.45) is 2.15. The van der Waals surface area contributed by atoms with E-state index in [1.807, 2.05) is 18.4 Å². The molecule has 0 radical (unpaired) electrons. The molecule has 0 spiro atoms. The third kappa shape index (κ3) is 5.63. The van der Waals surface area contributed by atoms with E-state index in [0.29, 0.717) is 18.7 Å². The van der Waals surface area contributed by atoms with Crippen LogP contribution in [0.15, 0.2) is 77.5 Å². The van der Waals surface area contributed by atoms with Crippen molar-refractivity contribution in [2.75, 3.05) is 26.2 Å². The molecule has 2 heterocycles. The van der Waals surface area contributed by atoms with E-state index in [-0.39, 0.29) is 30.5 Å². The van der Waals surface area contributed by atoms with E-state index >= 15 is 0 Å². The molecule has 3 aromatic rings. The molecule has 0 fully saturated rings. The zero-order chi connectivity index (χ0) is 25.0. The topological polar surface area (TPSA) is 66.9 Å². The van der Waals surface area contributed by atoms with Gasteiger partial charge in [0.2, 0.25) is 15.9 Å². The largest absolute Gasteiger partial charge is 0.491 e. The Bertz CT molecular complexity index is 1300. The summed E-state index contributed by atoms with van der Waals surface area (Å²) in [5, 5.41) is 1.97. The number of halogens is 1. The molecule has 1 aliphatic rings. The molecule has 1 aromatic heterocycles. The maximum absolute atomic E-state index is 13.6. The van der Waals surface area contributed by atoms with Crippen LogP contribution in [0.5, 0.6) is 5.75 Å². The van der Waals surface area contributed by atoms with Gasteiger partial charge in [-0.2, -0.15) is 4.31 Å². The lowest BCUT2D eigenvalue weighted by Gasteiger charge is -2.36. The minimum Gasteiger partial charge on any atom is -0.491 e. The molecule has 9 heteroatoms. The smallest absolute Gasteiger partial charge is 0.243 e. The summed E-state index contributed by atoms with van der Waals surface area (Å²) in [6.45, 7) is 5.80. The van der Waals surface area contributed by atoms with Gasteiger partial charge < -0.3 is 9.64 Å². The van der Waals surface area contributed by atoms with Crippen molar-refractivity contribution >= 4 is 27.3 Å². The SMILES string of the molecule is C=CCN(CC(=O)N1CCc2sccc2C1COc1cccc(F)c1)S(=O)(=O)c1ccc(C)cc1. The van der Waals surface area contributed by atoms with Crippen molar-refractivity contribution in [3.63, 3.8) is 0 Å². The van der Waals surface area contributed by atoms with Gasteiger partial charge in [0.1, 0.15) is 18.2 Å². The molecule has 1 aliphatic heterocycles. The lowest BCUT2D eigenvalue weighted by atomic mass is 10.0. The fraction of sp³-hybridized carbons (Fsp3) is 0.269. The number of sulfonamides is 1. The number of fused-ring (bicyclic) bond motifs is 1. The highest BCUT2D eigenvalue weighted by atomic mass is 32.2. The molecule has 1 atom stereocenters. The van der Waals surface area contributed by atoms with Crippen molar-refractivity contribution < 1.29 is 22.3 Å². The van der Waals surface area contributed by atoms with Crippen LogP contribution < -0.4 is 4.74 Å². The first-order valence-corrected chi connectivity index (χ1v) is 13.5. The lowest BCUT2D eigenvalue weighted by Crippen LogP contribution is -2.47. The maximum Gasteiger partial charge on any atom is 0.243 e. The van der Waals surface area contributed by atoms with Crippen molar-refractivity contribution in [2.45, 2.75) is 24.3 Å². The van der Waals surface area contributed by atoms with Gasteiger partial charge in [-0.1, -0.05) is 29.8 Å². The van der Waals surface area contributed by atoms with Gasteiger partial charge in [0.25, 0.3) is 0 Å². The Morgan fingerprint density at radius 1 is 1.26 bits per heavy atom. The zero-order valence-corrected chi connectivity index (χ0v) is 21.0. The van der Waals surface area contributed by atoms with Gasteiger partial charge in [0, 0.05) is 24.0 Å². The van der Waals surface area contributed by atoms with Crippen LogP contribution in [0.3, 0.4) is 0 Å². The van der Waals surface area contributed by atoms with E-state index in [2.05, 4.69) is 6.58 Å². The normalized spacial score (nSPS) is 15.6. The minimum absolute atomic E-state index is 0.00392. The Morgan fingerprint density at radius 2 is 2.03 bits per heavy atom. The van der Waals surface area contributed by atoms with Gasteiger partial charge in [0.05, 0.1) is 17.5 Å². The van der Waals surface area contributed by atoms with E-state index in [1.54, 1.807) is 52.6 Å². The van der Waals surface area contributed by atoms with Crippen LogP contribution in [0.25, 0.3) is 0 Å². The molecule has 0 aliphatic carbocycles. The predicted octanol–water partition coefficient (Wildman–Crippen LogP) is 4.58. The molecule has 0 saturated carbocycles. The highest BCUT2D eigenvalue weighted by Crippen LogP contribution is 2.34. The Morgan fingerprint density at radius 3 is 2.74 bits per heavy atom. The molecule has 0 N–H and O–H groups in total. The molecule has 1 amide bonds. The highest BCUT2D eigenvalue weighted by molar-refractivity contribution is 7.89. The van der Waals surface area contributed by atoms with Gasteiger partial charge in [-0.3, -0.25) is 4.79 Å². The minimum atomic E-state index is -3.90. The number of hydrogen-bond donors (Lipinski definition) is 0. The number of carbonyl (C=O) groups is 1. The summed E-state index contributed by atoms with van der Waals surface area (Å²) in [7, 11) is -3.90. The Balaban J connectivity index is 1.56. The average molecular weight is 515 g/mol. The van der Waals surface area contributed by atoms with Crippen molar-refractivity contribution in [2.24, 2.45) is 0 Å². The van der Waals surface area contributed by atoms with Crippen LogP contribution in [0, 0.1) is 12.7 Å². The first-order valence-electron chi connectivity index (χ1n) is 11.2.